The first-order valence-corrected chi connectivity index (χ1v) is 7.90. The van der Waals surface area contributed by atoms with Crippen LogP contribution in [-0.4, -0.2) is 19.2 Å². The number of hydrogen-bond donors (Lipinski definition) is 1. The molecular weight excluding hydrogens is 314 g/mol. The first-order valence-electron chi connectivity index (χ1n) is 7.11. The van der Waals surface area contributed by atoms with Crippen LogP contribution in [0.15, 0.2) is 40.9 Å². The number of rotatable bonds is 6. The molecule has 0 aliphatic carbocycles. The van der Waals surface area contributed by atoms with E-state index >= 15 is 0 Å². The monoisotopic (exact) mass is 335 g/mol. The molecule has 2 nitrogen and oxygen atoms in total. The van der Waals surface area contributed by atoms with E-state index in [9.17, 15) is 0 Å². The Morgan fingerprint density at radius 3 is 2.45 bits per heavy atom. The molecule has 0 saturated heterocycles. The minimum Gasteiger partial charge on any atom is -0.489 e. The number of fused-ring (bicyclic) bond motifs is 1. The zero-order chi connectivity index (χ0) is 14.5. The minimum atomic E-state index is 0.168. The molecule has 0 aliphatic rings. The van der Waals surface area contributed by atoms with Gasteiger partial charge in [-0.15, -0.1) is 0 Å². The van der Waals surface area contributed by atoms with Crippen molar-refractivity contribution in [2.45, 2.75) is 26.9 Å². The van der Waals surface area contributed by atoms with Gasteiger partial charge in [0.1, 0.15) is 11.9 Å². The Morgan fingerprint density at radius 1 is 1.00 bits per heavy atom. The lowest BCUT2D eigenvalue weighted by Crippen LogP contribution is -2.31. The van der Waals surface area contributed by atoms with Crippen LogP contribution in [0.5, 0.6) is 5.75 Å². The van der Waals surface area contributed by atoms with E-state index in [2.05, 4.69) is 72.3 Å². The Morgan fingerprint density at radius 2 is 1.70 bits per heavy atom. The second-order valence-electron chi connectivity index (χ2n) is 5.63. The number of benzene rings is 2. The zero-order valence-electron chi connectivity index (χ0n) is 12.3. The lowest BCUT2D eigenvalue weighted by Gasteiger charge is -2.16. The molecule has 0 radical (unpaired) electrons. The van der Waals surface area contributed by atoms with Crippen LogP contribution in [0.1, 0.15) is 20.8 Å². The molecule has 108 valence electrons. The van der Waals surface area contributed by atoms with Gasteiger partial charge in [-0.25, -0.2) is 0 Å². The molecule has 2 aromatic rings. The molecule has 0 aromatic heterocycles. The fourth-order valence-corrected chi connectivity index (χ4v) is 2.50. The second-order valence-corrected chi connectivity index (χ2v) is 6.55. The normalized spacial score (nSPS) is 12.8. The third kappa shape index (κ3) is 4.50. The number of halogens is 1. The van der Waals surface area contributed by atoms with Gasteiger partial charge < -0.3 is 10.1 Å². The van der Waals surface area contributed by atoms with Gasteiger partial charge in [0.2, 0.25) is 0 Å². The van der Waals surface area contributed by atoms with Gasteiger partial charge in [-0.05, 0) is 54.4 Å². The lowest BCUT2D eigenvalue weighted by atomic mass is 10.1. The Bertz CT molecular complexity index is 568. The van der Waals surface area contributed by atoms with E-state index in [0.717, 1.165) is 23.3 Å². The van der Waals surface area contributed by atoms with Crippen molar-refractivity contribution in [1.82, 2.24) is 5.32 Å². The average Bonchev–Trinajstić information content (AvgIpc) is 2.38. The Hall–Kier alpha value is -1.06. The largest absolute Gasteiger partial charge is 0.489 e. The standard InChI is InChI=1S/C17H22BrNO/c1-12(2)10-19-11-13(3)20-17-7-5-14-8-16(18)6-4-15(14)9-17/h4-9,12-13,19H,10-11H2,1-3H3. The van der Waals surface area contributed by atoms with Crippen molar-refractivity contribution in [2.75, 3.05) is 13.1 Å². The minimum absolute atomic E-state index is 0.168. The van der Waals surface area contributed by atoms with Crippen LogP contribution in [0.3, 0.4) is 0 Å². The molecule has 1 unspecified atom stereocenters. The topological polar surface area (TPSA) is 21.3 Å². The average molecular weight is 336 g/mol. The Kier molecular flexibility index (Phi) is 5.44. The molecule has 0 bridgehead atoms. The fourth-order valence-electron chi connectivity index (χ4n) is 2.12. The van der Waals surface area contributed by atoms with Gasteiger partial charge >= 0.3 is 0 Å². The summed E-state index contributed by atoms with van der Waals surface area (Å²) in [6, 6.07) is 12.5. The maximum Gasteiger partial charge on any atom is 0.120 e. The molecule has 0 aliphatic heterocycles. The van der Waals surface area contributed by atoms with Gasteiger partial charge in [-0.3, -0.25) is 0 Å². The third-order valence-corrected chi connectivity index (χ3v) is 3.59. The first kappa shape index (κ1) is 15.3. The Balaban J connectivity index is 1.97. The van der Waals surface area contributed by atoms with Crippen LogP contribution in [0.2, 0.25) is 0 Å². The number of nitrogens with one attached hydrogen (secondary N) is 1. The molecule has 1 N–H and O–H groups in total. The molecule has 0 heterocycles. The van der Waals surface area contributed by atoms with Crippen molar-refractivity contribution in [3.05, 3.63) is 40.9 Å². The first-order chi connectivity index (χ1) is 9.54. The fraction of sp³-hybridized carbons (Fsp3) is 0.412. The summed E-state index contributed by atoms with van der Waals surface area (Å²) in [5.41, 5.74) is 0. The van der Waals surface area contributed by atoms with E-state index in [1.165, 1.54) is 10.8 Å². The molecule has 0 spiro atoms. The SMILES string of the molecule is CC(C)CNCC(C)Oc1ccc2cc(Br)ccc2c1. The molecule has 1 atom stereocenters. The molecule has 0 fully saturated rings. The van der Waals surface area contributed by atoms with Crippen molar-refractivity contribution in [1.29, 1.82) is 0 Å². The summed E-state index contributed by atoms with van der Waals surface area (Å²) >= 11 is 3.49. The summed E-state index contributed by atoms with van der Waals surface area (Å²) in [6.45, 7) is 8.41. The van der Waals surface area contributed by atoms with E-state index in [0.29, 0.717) is 5.92 Å². The molecule has 20 heavy (non-hydrogen) atoms. The van der Waals surface area contributed by atoms with Gasteiger partial charge in [0.05, 0.1) is 0 Å². The van der Waals surface area contributed by atoms with Gasteiger partial charge in [0, 0.05) is 11.0 Å². The van der Waals surface area contributed by atoms with Gasteiger partial charge in [-0.1, -0.05) is 41.9 Å². The van der Waals surface area contributed by atoms with E-state index < -0.39 is 0 Å². The summed E-state index contributed by atoms with van der Waals surface area (Å²) in [4.78, 5) is 0. The summed E-state index contributed by atoms with van der Waals surface area (Å²) in [5, 5.41) is 5.84. The number of ether oxygens (including phenoxy) is 1. The highest BCUT2D eigenvalue weighted by molar-refractivity contribution is 9.10. The summed E-state index contributed by atoms with van der Waals surface area (Å²) < 4.78 is 7.06. The van der Waals surface area contributed by atoms with Crippen molar-refractivity contribution in [3.8, 4) is 5.75 Å². The van der Waals surface area contributed by atoms with Gasteiger partial charge in [0.25, 0.3) is 0 Å². The van der Waals surface area contributed by atoms with Crippen LogP contribution >= 0.6 is 15.9 Å². The van der Waals surface area contributed by atoms with Crippen LogP contribution in [0, 0.1) is 5.92 Å². The summed E-state index contributed by atoms with van der Waals surface area (Å²) in [7, 11) is 0. The predicted octanol–water partition coefficient (Wildman–Crippen LogP) is 4.62. The van der Waals surface area contributed by atoms with E-state index in [1.54, 1.807) is 0 Å². The van der Waals surface area contributed by atoms with Crippen LogP contribution in [0.25, 0.3) is 10.8 Å². The quantitative estimate of drug-likeness (QED) is 0.831. The summed E-state index contributed by atoms with van der Waals surface area (Å²) in [6.07, 6.45) is 0.168. The second kappa shape index (κ2) is 7.09. The smallest absolute Gasteiger partial charge is 0.120 e. The number of hydrogen-bond acceptors (Lipinski definition) is 2. The lowest BCUT2D eigenvalue weighted by molar-refractivity contribution is 0.216. The molecule has 3 heteroatoms. The summed E-state index contributed by atoms with van der Waals surface area (Å²) in [5.74, 6) is 1.60. The van der Waals surface area contributed by atoms with E-state index in [-0.39, 0.29) is 6.10 Å². The molecule has 0 saturated carbocycles. The molecular formula is C17H22BrNO. The third-order valence-electron chi connectivity index (χ3n) is 3.10. The van der Waals surface area contributed by atoms with Crippen molar-refractivity contribution in [3.63, 3.8) is 0 Å². The van der Waals surface area contributed by atoms with Crippen LogP contribution in [-0.2, 0) is 0 Å². The van der Waals surface area contributed by atoms with Gasteiger partial charge in [0.15, 0.2) is 0 Å². The predicted molar refractivity (Wildman–Crippen MR) is 89.4 cm³/mol. The maximum absolute atomic E-state index is 5.96. The highest BCUT2D eigenvalue weighted by atomic mass is 79.9. The van der Waals surface area contributed by atoms with Crippen LogP contribution < -0.4 is 10.1 Å². The highest BCUT2D eigenvalue weighted by Gasteiger charge is 2.05. The highest BCUT2D eigenvalue weighted by Crippen LogP contribution is 2.24. The molecule has 2 aromatic carbocycles. The maximum atomic E-state index is 5.96. The Labute approximate surface area is 129 Å². The van der Waals surface area contributed by atoms with E-state index in [4.69, 9.17) is 4.74 Å². The van der Waals surface area contributed by atoms with Crippen molar-refractivity contribution < 1.29 is 4.74 Å². The zero-order valence-corrected chi connectivity index (χ0v) is 13.9. The van der Waals surface area contributed by atoms with E-state index in [1.807, 2.05) is 6.07 Å². The van der Waals surface area contributed by atoms with Crippen LogP contribution in [0.4, 0.5) is 0 Å². The van der Waals surface area contributed by atoms with Gasteiger partial charge in [-0.2, -0.15) is 0 Å². The van der Waals surface area contributed by atoms with Crippen molar-refractivity contribution >= 4 is 26.7 Å². The molecule has 0 amide bonds. The molecule has 2 rings (SSSR count). The van der Waals surface area contributed by atoms with Crippen molar-refractivity contribution in [2.24, 2.45) is 5.92 Å².